The number of nitrogens with two attached hydrogens (primary N) is 1. The van der Waals surface area contributed by atoms with Gasteiger partial charge in [-0.15, -0.1) is 0 Å². The number of nitrogen functional groups attached to an aromatic ring is 1. The summed E-state index contributed by atoms with van der Waals surface area (Å²) in [6, 6.07) is 0. The van der Waals surface area contributed by atoms with Gasteiger partial charge in [0.2, 0.25) is 11.8 Å². The molecule has 13 N–H and O–H groups in total. The van der Waals surface area contributed by atoms with Gasteiger partial charge in [-0.3, -0.25) is 32.5 Å². The first-order valence-electron chi connectivity index (χ1n) is 19.5. The largest absolute Gasteiger partial charge is 0.481 e. The van der Waals surface area contributed by atoms with E-state index in [4.69, 9.17) is 29.0 Å². The normalized spacial score (nSPS) is 26.8. The summed E-state index contributed by atoms with van der Waals surface area (Å²) in [6.07, 6.45) is -11.6. The summed E-state index contributed by atoms with van der Waals surface area (Å²) in [7, 11) is -16.5. The zero-order valence-corrected chi connectivity index (χ0v) is 38.4. The number of phosphoric ester groups is 3. The number of aromatic nitrogens is 4. The number of hydrogen-bond donors (Lipinski definition) is 12. The summed E-state index contributed by atoms with van der Waals surface area (Å²) in [5, 5.41) is 55.8. The first-order chi connectivity index (χ1) is 30.2. The maximum absolute atomic E-state index is 12.7. The third-order valence-corrected chi connectivity index (χ3v) is 13.6. The summed E-state index contributed by atoms with van der Waals surface area (Å²) in [4.78, 5) is 88.2. The molecule has 0 aromatic carbocycles. The van der Waals surface area contributed by atoms with Gasteiger partial charge in [-0.1, -0.05) is 25.6 Å². The monoisotopic (exact) mass is 1010 g/mol. The molecule has 2 saturated heterocycles. The number of fused-ring (bicyclic) bond motifs is 1. The van der Waals surface area contributed by atoms with Crippen molar-refractivity contribution < 1.29 is 105 Å². The lowest BCUT2D eigenvalue weighted by Crippen LogP contribution is -2.47. The molecule has 2 unspecified atom stereocenters. The second-order valence-electron chi connectivity index (χ2n) is 15.4. The molecule has 65 heavy (non-hydrogen) atoms. The van der Waals surface area contributed by atoms with Crippen LogP contribution < -0.4 is 16.4 Å². The Hall–Kier alpha value is -2.64. The summed E-state index contributed by atoms with van der Waals surface area (Å²) >= 11 is 0.868. The van der Waals surface area contributed by atoms with Crippen molar-refractivity contribution in [1.82, 2.24) is 30.2 Å². The molecule has 4 rings (SSSR count). The van der Waals surface area contributed by atoms with Gasteiger partial charge in [-0.05, 0) is 13.3 Å². The number of ether oxygens (including phenoxy) is 3. The average Bonchev–Trinajstić information content (AvgIpc) is 3.76. The molecule has 2 aromatic rings. The number of phosphoric acid groups is 3. The van der Waals surface area contributed by atoms with Crippen LogP contribution in [0.3, 0.4) is 0 Å². The van der Waals surface area contributed by atoms with E-state index < -0.39 is 115 Å². The summed E-state index contributed by atoms with van der Waals surface area (Å²) in [5.74, 6) is -1.44. The second-order valence-corrected chi connectivity index (χ2v) is 20.8. The predicted molar refractivity (Wildman–Crippen MR) is 219 cm³/mol. The highest BCUT2D eigenvalue weighted by Crippen LogP contribution is 2.61. The quantitative estimate of drug-likeness (QED) is 0.0367. The zero-order valence-electron chi connectivity index (χ0n) is 34.9. The molecule has 0 saturated carbocycles. The molecule has 0 spiro atoms. The van der Waals surface area contributed by atoms with E-state index in [1.807, 2.05) is 0 Å². The number of rotatable bonds is 25. The number of hydrogen-bond acceptors (Lipinski definition) is 23. The number of amides is 2. The Morgan fingerprint density at radius 2 is 1.69 bits per heavy atom. The molecule has 0 aliphatic carbocycles. The fourth-order valence-electron chi connectivity index (χ4n) is 6.06. The SMILES string of the molecule is C[C@@H]1O[C@@H](OCC[C@@H](O)CC(=O)SCCNC(=O)CCNC(=O)[C@H](O)C(C)(C)COP(=O)(O)OP(=O)(O)OC[C@H]2O[C@@H](n3cnc4c(N)ncnc43)[C@H](O)[C@@H]2OP(=O)(O)O)[C@H](O)C[C@H]1O. The van der Waals surface area contributed by atoms with E-state index in [-0.39, 0.29) is 73.2 Å². The number of imidazole rings is 1. The first-order valence-corrected chi connectivity index (χ1v) is 25.0. The minimum absolute atomic E-state index is 0.00843. The van der Waals surface area contributed by atoms with E-state index in [1.54, 1.807) is 6.92 Å². The van der Waals surface area contributed by atoms with Crippen molar-refractivity contribution in [2.75, 3.05) is 44.4 Å². The van der Waals surface area contributed by atoms with E-state index in [1.165, 1.54) is 13.8 Å². The fourth-order valence-corrected chi connectivity index (χ4v) is 9.63. The molecule has 2 amide bonds. The highest BCUT2D eigenvalue weighted by atomic mass is 32.2. The maximum atomic E-state index is 12.7. The Balaban J connectivity index is 1.14. The summed E-state index contributed by atoms with van der Waals surface area (Å²) in [5.41, 5.74) is 4.19. The molecule has 2 aliphatic heterocycles. The molecule has 29 nitrogen and oxygen atoms in total. The Labute approximate surface area is 374 Å². The van der Waals surface area contributed by atoms with Gasteiger partial charge in [0.15, 0.2) is 29.1 Å². The van der Waals surface area contributed by atoms with Crippen LogP contribution in [-0.2, 0) is 60.2 Å². The molecule has 33 heteroatoms. The van der Waals surface area contributed by atoms with Crippen molar-refractivity contribution in [3.63, 3.8) is 0 Å². The first kappa shape index (κ1) is 55.0. The molecule has 2 aliphatic rings. The lowest BCUT2D eigenvalue weighted by atomic mass is 9.87. The van der Waals surface area contributed by atoms with Crippen molar-refractivity contribution in [3.05, 3.63) is 12.7 Å². The van der Waals surface area contributed by atoms with Crippen LogP contribution in [0.2, 0.25) is 0 Å². The van der Waals surface area contributed by atoms with E-state index in [0.29, 0.717) is 0 Å². The van der Waals surface area contributed by atoms with Gasteiger partial charge in [0.05, 0.1) is 44.5 Å². The van der Waals surface area contributed by atoms with Crippen LogP contribution in [0.5, 0.6) is 0 Å². The highest BCUT2D eigenvalue weighted by Gasteiger charge is 2.50. The molecule has 12 atom stereocenters. The van der Waals surface area contributed by atoms with Gasteiger partial charge >= 0.3 is 23.5 Å². The third kappa shape index (κ3) is 16.8. The molecule has 4 heterocycles. The fraction of sp³-hybridized carbons (Fsp3) is 0.750. The van der Waals surface area contributed by atoms with Gasteiger partial charge in [0.1, 0.15) is 42.4 Å². The van der Waals surface area contributed by atoms with E-state index in [2.05, 4.69) is 34.4 Å². The van der Waals surface area contributed by atoms with Crippen LogP contribution in [0, 0.1) is 5.41 Å². The van der Waals surface area contributed by atoms with Crippen molar-refractivity contribution in [2.45, 2.75) is 108 Å². The molecular formula is C32H54N7O22P3S. The summed E-state index contributed by atoms with van der Waals surface area (Å²) in [6.45, 7) is 1.78. The van der Waals surface area contributed by atoms with Crippen molar-refractivity contribution in [1.29, 1.82) is 0 Å². The third-order valence-electron chi connectivity index (χ3n) is 9.59. The summed E-state index contributed by atoms with van der Waals surface area (Å²) < 4.78 is 73.0. The Morgan fingerprint density at radius 1 is 1.00 bits per heavy atom. The molecular weight excluding hydrogens is 959 g/mol. The van der Waals surface area contributed by atoms with Crippen LogP contribution in [0.4, 0.5) is 5.82 Å². The second kappa shape index (κ2) is 23.6. The van der Waals surface area contributed by atoms with Crippen LogP contribution in [-0.4, -0.2) is 175 Å². The van der Waals surface area contributed by atoms with E-state index in [9.17, 15) is 73.2 Å². The number of nitrogens with one attached hydrogen (secondary N) is 2. The predicted octanol–water partition coefficient (Wildman–Crippen LogP) is -2.32. The number of aliphatic hydroxyl groups is 5. The maximum Gasteiger partial charge on any atom is 0.481 e. The smallest absolute Gasteiger partial charge is 0.393 e. The average molecular weight is 1010 g/mol. The number of carbonyl (C=O) groups excluding carboxylic acids is 3. The van der Waals surface area contributed by atoms with Crippen LogP contribution in [0.1, 0.15) is 52.7 Å². The van der Waals surface area contributed by atoms with Crippen LogP contribution >= 0.6 is 35.2 Å². The highest BCUT2D eigenvalue weighted by molar-refractivity contribution is 8.13. The van der Waals surface area contributed by atoms with Gasteiger partial charge in [0, 0.05) is 43.5 Å². The van der Waals surface area contributed by atoms with E-state index >= 15 is 0 Å². The Morgan fingerprint density at radius 3 is 2.38 bits per heavy atom. The van der Waals surface area contributed by atoms with Crippen molar-refractivity contribution in [2.24, 2.45) is 5.41 Å². The van der Waals surface area contributed by atoms with Gasteiger partial charge in [-0.2, -0.15) is 4.31 Å². The van der Waals surface area contributed by atoms with Gasteiger partial charge < -0.3 is 75.7 Å². The molecule has 0 bridgehead atoms. The molecule has 2 fully saturated rings. The number of nitrogens with zero attached hydrogens (tertiary/aromatic N) is 4. The zero-order chi connectivity index (χ0) is 48.5. The number of anilines is 1. The van der Waals surface area contributed by atoms with Crippen LogP contribution in [0.25, 0.3) is 11.2 Å². The lowest BCUT2D eigenvalue weighted by molar-refractivity contribution is -0.262. The van der Waals surface area contributed by atoms with Gasteiger partial charge in [0.25, 0.3) is 0 Å². The lowest BCUT2D eigenvalue weighted by Gasteiger charge is -2.35. The van der Waals surface area contributed by atoms with Crippen molar-refractivity contribution >= 4 is 69.1 Å². The minimum atomic E-state index is -5.61. The van der Waals surface area contributed by atoms with Crippen molar-refractivity contribution in [3.8, 4) is 0 Å². The number of carbonyl (C=O) groups is 3. The van der Waals surface area contributed by atoms with Gasteiger partial charge in [-0.25, -0.2) is 28.6 Å². The van der Waals surface area contributed by atoms with Crippen LogP contribution in [0.15, 0.2) is 12.7 Å². The minimum Gasteiger partial charge on any atom is -0.393 e. The Kier molecular flexibility index (Phi) is 19.9. The molecule has 370 valence electrons. The standard InChI is InChI=1S/C32H54N7O22P3S/c1-16-18(41)11-19(42)31(58-16)55-8-5-17(40)10-22(44)65-9-7-34-21(43)4-6-35-29(47)26(46)32(2,3)13-57-64(53,54)61-63(51,52)56-12-20-25(60-62(48,49)50)24(45)30(59-20)39-15-38-23-27(33)36-14-37-28(23)39/h14-20,24-26,30-31,40-42,45-46H,4-13H2,1-3H3,(H,34,43)(H,35,47)(H,51,52)(H,53,54)(H2,33,36,37)(H2,48,49,50)/t16-,17+,18+,19+,20+,24+,25+,26-,30+,31+/m0/s1. The number of aliphatic hydroxyl groups excluding tert-OH is 5. The molecule has 0 radical (unpaired) electrons. The van der Waals surface area contributed by atoms with E-state index in [0.717, 1.165) is 29.0 Å². The molecule has 2 aromatic heterocycles. The topological polar surface area (TPSA) is 443 Å². The Bertz CT molecular complexity index is 2080. The number of thioether (sulfide) groups is 1.